The zero-order valence-corrected chi connectivity index (χ0v) is 8.02. The fraction of sp³-hybridized carbons (Fsp3) is 0.889. The van der Waals surface area contributed by atoms with Crippen LogP contribution < -0.4 is 0 Å². The standard InChI is InChI=1S/C9H19N2/c1-8(2)5-11(7-10)6-9(3)4/h8-10H,5-6H2,1-4H3. The molecule has 0 fully saturated rings. The molecule has 0 heterocycles. The molecule has 0 aromatic heterocycles. The van der Waals surface area contributed by atoms with E-state index in [1.807, 2.05) is 4.90 Å². The van der Waals surface area contributed by atoms with Crippen molar-refractivity contribution in [2.75, 3.05) is 13.1 Å². The molecule has 0 aliphatic carbocycles. The maximum absolute atomic E-state index is 7.02. The molecule has 0 amide bonds. The first kappa shape index (κ1) is 10.5. The second-order valence-electron chi connectivity index (χ2n) is 3.80. The maximum Gasteiger partial charge on any atom is 0.163 e. The minimum absolute atomic E-state index is 0.617. The topological polar surface area (TPSA) is 27.1 Å². The normalized spacial score (nSPS) is 10.7. The van der Waals surface area contributed by atoms with Crippen LogP contribution in [0.15, 0.2) is 0 Å². The summed E-state index contributed by atoms with van der Waals surface area (Å²) in [6.07, 6.45) is 2.45. The minimum atomic E-state index is 0.617. The Morgan fingerprint density at radius 3 is 1.64 bits per heavy atom. The summed E-state index contributed by atoms with van der Waals surface area (Å²) in [5.41, 5.74) is 0. The molecular formula is C9H19N2. The fourth-order valence-electron chi connectivity index (χ4n) is 1.05. The van der Waals surface area contributed by atoms with Gasteiger partial charge >= 0.3 is 0 Å². The maximum atomic E-state index is 7.02. The van der Waals surface area contributed by atoms with Crippen LogP contribution in [0.2, 0.25) is 0 Å². The van der Waals surface area contributed by atoms with Gasteiger partial charge in [-0.15, -0.1) is 0 Å². The van der Waals surface area contributed by atoms with E-state index < -0.39 is 0 Å². The van der Waals surface area contributed by atoms with Gasteiger partial charge in [-0.3, -0.25) is 5.41 Å². The summed E-state index contributed by atoms with van der Waals surface area (Å²) in [4.78, 5) is 1.94. The van der Waals surface area contributed by atoms with Crippen LogP contribution in [0.4, 0.5) is 0 Å². The molecule has 0 spiro atoms. The van der Waals surface area contributed by atoms with Gasteiger partial charge in [-0.25, -0.2) is 0 Å². The quantitative estimate of drug-likeness (QED) is 0.367. The second kappa shape index (κ2) is 5.16. The molecular weight excluding hydrogens is 136 g/mol. The molecule has 2 nitrogen and oxygen atoms in total. The molecule has 1 N–H and O–H groups in total. The first-order valence-corrected chi connectivity index (χ1v) is 4.23. The van der Waals surface area contributed by atoms with Gasteiger partial charge in [0.1, 0.15) is 0 Å². The summed E-state index contributed by atoms with van der Waals surface area (Å²) in [7, 11) is 0. The first-order chi connectivity index (χ1) is 5.06. The molecule has 0 aromatic rings. The molecule has 11 heavy (non-hydrogen) atoms. The number of rotatable bonds is 5. The van der Waals surface area contributed by atoms with E-state index >= 15 is 0 Å². The number of hydrogen-bond donors (Lipinski definition) is 1. The third-order valence-electron chi connectivity index (χ3n) is 1.33. The predicted octanol–water partition coefficient (Wildman–Crippen LogP) is 2.08. The predicted molar refractivity (Wildman–Crippen MR) is 49.0 cm³/mol. The molecule has 0 unspecified atom stereocenters. The van der Waals surface area contributed by atoms with Gasteiger partial charge in [0.05, 0.1) is 0 Å². The van der Waals surface area contributed by atoms with E-state index in [0.29, 0.717) is 11.8 Å². The highest BCUT2D eigenvalue weighted by atomic mass is 15.1. The Morgan fingerprint density at radius 1 is 1.09 bits per heavy atom. The third-order valence-corrected chi connectivity index (χ3v) is 1.33. The number of hydrogen-bond acceptors (Lipinski definition) is 1. The van der Waals surface area contributed by atoms with E-state index in [-0.39, 0.29) is 0 Å². The van der Waals surface area contributed by atoms with Crippen molar-refractivity contribution in [2.24, 2.45) is 11.8 Å². The van der Waals surface area contributed by atoms with Crippen molar-refractivity contribution >= 4 is 6.34 Å². The molecule has 0 saturated heterocycles. The molecule has 0 bridgehead atoms. The van der Waals surface area contributed by atoms with Gasteiger partial charge < -0.3 is 4.90 Å². The van der Waals surface area contributed by atoms with Crippen LogP contribution in [-0.4, -0.2) is 24.3 Å². The molecule has 65 valence electrons. The van der Waals surface area contributed by atoms with Crippen molar-refractivity contribution in [3.8, 4) is 0 Å². The van der Waals surface area contributed by atoms with E-state index in [4.69, 9.17) is 5.41 Å². The van der Waals surface area contributed by atoms with Gasteiger partial charge in [0.15, 0.2) is 6.34 Å². The molecule has 0 aliphatic heterocycles. The van der Waals surface area contributed by atoms with Crippen molar-refractivity contribution in [3.63, 3.8) is 0 Å². The van der Waals surface area contributed by atoms with Gasteiger partial charge in [-0.05, 0) is 11.8 Å². The molecule has 1 radical (unpaired) electrons. The fourth-order valence-corrected chi connectivity index (χ4v) is 1.05. The highest BCUT2D eigenvalue weighted by Crippen LogP contribution is 2.00. The lowest BCUT2D eigenvalue weighted by Gasteiger charge is -2.21. The highest BCUT2D eigenvalue weighted by Gasteiger charge is 2.04. The SMILES string of the molecule is CC(C)CN([C]=N)CC(C)C. The van der Waals surface area contributed by atoms with Gasteiger partial charge in [-0.1, -0.05) is 27.7 Å². The number of nitrogens with one attached hydrogen (secondary N) is 1. The summed E-state index contributed by atoms with van der Waals surface area (Å²) in [5, 5.41) is 7.02. The monoisotopic (exact) mass is 155 g/mol. The zero-order chi connectivity index (χ0) is 8.85. The average molecular weight is 155 g/mol. The van der Waals surface area contributed by atoms with Crippen molar-refractivity contribution in [2.45, 2.75) is 27.7 Å². The molecule has 0 saturated carbocycles. The van der Waals surface area contributed by atoms with Crippen molar-refractivity contribution < 1.29 is 0 Å². The van der Waals surface area contributed by atoms with Crippen molar-refractivity contribution in [3.05, 3.63) is 0 Å². The second-order valence-corrected chi connectivity index (χ2v) is 3.80. The van der Waals surface area contributed by atoms with E-state index in [9.17, 15) is 0 Å². The van der Waals surface area contributed by atoms with E-state index in [1.165, 1.54) is 0 Å². The Bertz CT molecular complexity index is 98.1. The summed E-state index contributed by atoms with van der Waals surface area (Å²) in [6, 6.07) is 0. The summed E-state index contributed by atoms with van der Waals surface area (Å²) < 4.78 is 0. The summed E-state index contributed by atoms with van der Waals surface area (Å²) >= 11 is 0. The molecule has 0 atom stereocenters. The average Bonchev–Trinajstić information content (AvgIpc) is 1.84. The van der Waals surface area contributed by atoms with Crippen LogP contribution in [0.3, 0.4) is 0 Å². The Balaban J connectivity index is 3.67. The molecule has 2 heteroatoms. The van der Waals surface area contributed by atoms with Crippen LogP contribution in [0.25, 0.3) is 0 Å². The Kier molecular flexibility index (Phi) is 4.92. The van der Waals surface area contributed by atoms with Crippen LogP contribution >= 0.6 is 0 Å². The number of nitrogens with zero attached hydrogens (tertiary/aromatic N) is 1. The van der Waals surface area contributed by atoms with Gasteiger partial charge in [0.2, 0.25) is 0 Å². The molecule has 0 aromatic carbocycles. The van der Waals surface area contributed by atoms with Gasteiger partial charge in [0, 0.05) is 13.1 Å². The lowest BCUT2D eigenvalue weighted by atomic mass is 10.1. The van der Waals surface area contributed by atoms with Crippen molar-refractivity contribution in [1.82, 2.24) is 4.90 Å². The lowest BCUT2D eigenvalue weighted by Crippen LogP contribution is -2.29. The zero-order valence-electron chi connectivity index (χ0n) is 8.02. The largest absolute Gasteiger partial charge is 0.354 e. The summed E-state index contributed by atoms with van der Waals surface area (Å²) in [5.74, 6) is 1.23. The Morgan fingerprint density at radius 2 is 1.45 bits per heavy atom. The smallest absolute Gasteiger partial charge is 0.163 e. The van der Waals surface area contributed by atoms with Gasteiger partial charge in [-0.2, -0.15) is 0 Å². The van der Waals surface area contributed by atoms with E-state index in [2.05, 4.69) is 34.0 Å². The van der Waals surface area contributed by atoms with Crippen LogP contribution in [-0.2, 0) is 0 Å². The Hall–Kier alpha value is -0.530. The van der Waals surface area contributed by atoms with Gasteiger partial charge in [0.25, 0.3) is 0 Å². The van der Waals surface area contributed by atoms with Crippen LogP contribution in [0, 0.1) is 17.2 Å². The lowest BCUT2D eigenvalue weighted by molar-refractivity contribution is 0.335. The summed E-state index contributed by atoms with van der Waals surface area (Å²) in [6.45, 7) is 10.5. The minimum Gasteiger partial charge on any atom is -0.354 e. The van der Waals surface area contributed by atoms with E-state index in [0.717, 1.165) is 13.1 Å². The third kappa shape index (κ3) is 5.89. The first-order valence-electron chi connectivity index (χ1n) is 4.23. The molecule has 0 aliphatic rings. The van der Waals surface area contributed by atoms with Crippen molar-refractivity contribution in [1.29, 1.82) is 5.41 Å². The Labute approximate surface area is 70.1 Å². The molecule has 0 rings (SSSR count). The highest BCUT2D eigenvalue weighted by molar-refractivity contribution is 5.50. The van der Waals surface area contributed by atoms with Crippen LogP contribution in [0.5, 0.6) is 0 Å². The van der Waals surface area contributed by atoms with Crippen LogP contribution in [0.1, 0.15) is 27.7 Å². The van der Waals surface area contributed by atoms with E-state index in [1.54, 1.807) is 0 Å².